The molecule has 2 aromatic rings. The lowest BCUT2D eigenvalue weighted by atomic mass is 10.0. The van der Waals surface area contributed by atoms with Gasteiger partial charge in [0.25, 0.3) is 5.91 Å². The maximum Gasteiger partial charge on any atom is 0.344 e. The molecule has 2 N–H and O–H groups in total. The molecule has 29 heavy (non-hydrogen) atoms. The Balaban J connectivity index is 1.86. The summed E-state index contributed by atoms with van der Waals surface area (Å²) in [5.41, 5.74) is 6.95. The first-order valence-electron chi connectivity index (χ1n) is 9.39. The van der Waals surface area contributed by atoms with E-state index in [1.54, 1.807) is 36.4 Å². The number of ether oxygens (including phenoxy) is 2. The molecule has 0 atom stereocenters. The number of amides is 2. The number of hydrogen-bond donors (Lipinski definition) is 1. The van der Waals surface area contributed by atoms with Gasteiger partial charge in [-0.15, -0.1) is 0 Å². The van der Waals surface area contributed by atoms with Crippen molar-refractivity contribution in [3.05, 3.63) is 60.2 Å². The Morgan fingerprint density at radius 3 is 2.21 bits per heavy atom. The molecular formula is C22H26N2O5. The maximum absolute atomic E-state index is 12.5. The third-order valence-electron chi connectivity index (χ3n) is 4.21. The fourth-order valence-corrected chi connectivity index (χ4v) is 2.58. The van der Waals surface area contributed by atoms with E-state index in [1.165, 1.54) is 10.5 Å². The molecule has 2 rings (SSSR count). The lowest BCUT2D eigenvalue weighted by molar-refractivity contribution is -0.149. The third kappa shape index (κ3) is 7.29. The summed E-state index contributed by atoms with van der Waals surface area (Å²) >= 11 is 0. The number of primary amides is 1. The minimum Gasteiger partial charge on any atom is -0.482 e. The minimum absolute atomic E-state index is 0.00403. The van der Waals surface area contributed by atoms with E-state index in [1.807, 2.05) is 18.2 Å². The van der Waals surface area contributed by atoms with Gasteiger partial charge in [0, 0.05) is 18.7 Å². The molecule has 0 saturated carbocycles. The molecule has 0 bridgehead atoms. The average molecular weight is 398 g/mol. The number of carbonyl (C=O) groups excluding carboxylic acids is 3. The number of hydrogen-bond acceptors (Lipinski definition) is 5. The van der Waals surface area contributed by atoms with Crippen molar-refractivity contribution in [1.29, 1.82) is 0 Å². The predicted octanol–water partition coefficient (Wildman–Crippen LogP) is 2.64. The van der Waals surface area contributed by atoms with Crippen LogP contribution in [0.1, 0.15) is 31.7 Å². The van der Waals surface area contributed by atoms with Crippen LogP contribution in [0.3, 0.4) is 0 Å². The molecule has 0 aliphatic rings. The summed E-state index contributed by atoms with van der Waals surface area (Å²) in [4.78, 5) is 36.9. The van der Waals surface area contributed by atoms with Crippen molar-refractivity contribution < 1.29 is 23.9 Å². The highest BCUT2D eigenvalue weighted by molar-refractivity contribution is 5.95. The molecule has 0 aliphatic carbocycles. The smallest absolute Gasteiger partial charge is 0.344 e. The van der Waals surface area contributed by atoms with E-state index >= 15 is 0 Å². The molecule has 0 saturated heterocycles. The van der Waals surface area contributed by atoms with Gasteiger partial charge >= 0.3 is 5.97 Å². The van der Waals surface area contributed by atoms with E-state index < -0.39 is 24.4 Å². The zero-order valence-corrected chi connectivity index (χ0v) is 16.7. The number of para-hydroxylation sites is 1. The maximum atomic E-state index is 12.5. The molecule has 0 heterocycles. The molecule has 0 unspecified atom stereocenters. The van der Waals surface area contributed by atoms with Crippen LogP contribution in [0.15, 0.2) is 54.6 Å². The van der Waals surface area contributed by atoms with Crippen LogP contribution >= 0.6 is 0 Å². The second-order valence-electron chi connectivity index (χ2n) is 6.77. The van der Waals surface area contributed by atoms with Gasteiger partial charge in [-0.25, -0.2) is 4.79 Å². The van der Waals surface area contributed by atoms with Crippen LogP contribution in [-0.2, 0) is 19.1 Å². The second kappa shape index (κ2) is 10.8. The van der Waals surface area contributed by atoms with Crippen LogP contribution in [0, 0.1) is 0 Å². The highest BCUT2D eigenvalue weighted by atomic mass is 16.6. The summed E-state index contributed by atoms with van der Waals surface area (Å²) in [6.45, 7) is 3.52. The fourth-order valence-electron chi connectivity index (χ4n) is 2.58. The van der Waals surface area contributed by atoms with Crippen LogP contribution in [0.2, 0.25) is 0 Å². The highest BCUT2D eigenvalue weighted by Crippen LogP contribution is 2.18. The van der Waals surface area contributed by atoms with Crippen molar-refractivity contribution in [2.24, 2.45) is 5.73 Å². The van der Waals surface area contributed by atoms with Crippen molar-refractivity contribution in [3.63, 3.8) is 0 Å². The van der Waals surface area contributed by atoms with Crippen molar-refractivity contribution >= 4 is 23.5 Å². The Morgan fingerprint density at radius 2 is 1.62 bits per heavy atom. The van der Waals surface area contributed by atoms with Crippen LogP contribution in [-0.4, -0.2) is 37.5 Å². The van der Waals surface area contributed by atoms with Gasteiger partial charge in [0.1, 0.15) is 5.75 Å². The zero-order chi connectivity index (χ0) is 21.2. The van der Waals surface area contributed by atoms with E-state index in [4.69, 9.17) is 15.2 Å². The molecule has 2 aromatic carbocycles. The molecule has 2 amide bonds. The Hall–Kier alpha value is -3.35. The first-order chi connectivity index (χ1) is 13.9. The number of nitrogens with two attached hydrogens (primary N) is 1. The minimum atomic E-state index is -0.658. The zero-order valence-electron chi connectivity index (χ0n) is 16.7. The topological polar surface area (TPSA) is 98.9 Å². The predicted molar refractivity (Wildman–Crippen MR) is 110 cm³/mol. The molecule has 0 aromatic heterocycles. The van der Waals surface area contributed by atoms with Crippen molar-refractivity contribution in [3.8, 4) is 5.75 Å². The summed E-state index contributed by atoms with van der Waals surface area (Å²) in [5.74, 6) is -0.680. The molecule has 0 fully saturated rings. The monoisotopic (exact) mass is 398 g/mol. The molecule has 7 nitrogen and oxygen atoms in total. The van der Waals surface area contributed by atoms with Gasteiger partial charge in [0.2, 0.25) is 5.91 Å². The lowest BCUT2D eigenvalue weighted by Gasteiger charge is -2.22. The Kier molecular flexibility index (Phi) is 8.21. The van der Waals surface area contributed by atoms with Gasteiger partial charge in [0.15, 0.2) is 13.2 Å². The third-order valence-corrected chi connectivity index (χ3v) is 4.21. The van der Waals surface area contributed by atoms with Crippen molar-refractivity contribution in [2.45, 2.75) is 26.2 Å². The SMILES string of the molecule is CC(C)c1ccc(OCC(=O)OCC(=O)N(CCC(N)=O)c2ccccc2)cc1. The van der Waals surface area contributed by atoms with E-state index in [-0.39, 0.29) is 19.6 Å². The van der Waals surface area contributed by atoms with Gasteiger partial charge in [-0.3, -0.25) is 9.59 Å². The van der Waals surface area contributed by atoms with Gasteiger partial charge in [-0.2, -0.15) is 0 Å². The molecule has 7 heteroatoms. The van der Waals surface area contributed by atoms with Crippen LogP contribution in [0.25, 0.3) is 0 Å². The number of carbonyl (C=O) groups is 3. The van der Waals surface area contributed by atoms with E-state index in [0.29, 0.717) is 17.4 Å². The Bertz CT molecular complexity index is 819. The van der Waals surface area contributed by atoms with Crippen LogP contribution in [0.5, 0.6) is 5.75 Å². The first kappa shape index (κ1) is 21.9. The molecular weight excluding hydrogens is 372 g/mol. The van der Waals surface area contributed by atoms with E-state index in [2.05, 4.69) is 13.8 Å². The van der Waals surface area contributed by atoms with E-state index in [9.17, 15) is 14.4 Å². The molecule has 0 aliphatic heterocycles. The van der Waals surface area contributed by atoms with Gasteiger partial charge in [-0.1, -0.05) is 44.2 Å². The second-order valence-corrected chi connectivity index (χ2v) is 6.77. The fraction of sp³-hybridized carbons (Fsp3) is 0.318. The lowest BCUT2D eigenvalue weighted by Crippen LogP contribution is -2.37. The quantitative estimate of drug-likeness (QED) is 0.620. The standard InChI is InChI=1S/C22H26N2O5/c1-16(2)17-8-10-19(11-9-17)28-15-22(27)29-14-21(26)24(13-12-20(23)25)18-6-4-3-5-7-18/h3-11,16H,12-15H2,1-2H3,(H2,23,25). The van der Waals surface area contributed by atoms with E-state index in [0.717, 1.165) is 0 Å². The number of benzene rings is 2. The van der Waals surface area contributed by atoms with Crippen molar-refractivity contribution in [2.75, 3.05) is 24.7 Å². The van der Waals surface area contributed by atoms with Crippen LogP contribution < -0.4 is 15.4 Å². The summed E-state index contributed by atoms with van der Waals surface area (Å²) in [5, 5.41) is 0. The van der Waals surface area contributed by atoms with Gasteiger partial charge < -0.3 is 20.1 Å². The normalized spacial score (nSPS) is 10.4. The van der Waals surface area contributed by atoms with Crippen molar-refractivity contribution in [1.82, 2.24) is 0 Å². The summed E-state index contributed by atoms with van der Waals surface area (Å²) < 4.78 is 10.4. The number of anilines is 1. The first-order valence-corrected chi connectivity index (χ1v) is 9.39. The van der Waals surface area contributed by atoms with Crippen LogP contribution in [0.4, 0.5) is 5.69 Å². The molecule has 0 radical (unpaired) electrons. The summed E-state index contributed by atoms with van der Waals surface area (Å²) in [7, 11) is 0. The average Bonchev–Trinajstić information content (AvgIpc) is 2.71. The van der Waals surface area contributed by atoms with Gasteiger partial charge in [0.05, 0.1) is 0 Å². The summed E-state index contributed by atoms with van der Waals surface area (Å²) in [6.07, 6.45) is 0.00403. The number of nitrogens with zero attached hydrogens (tertiary/aromatic N) is 1. The Labute approximate surface area is 170 Å². The number of rotatable bonds is 10. The molecule has 154 valence electrons. The number of esters is 1. The largest absolute Gasteiger partial charge is 0.482 e. The highest BCUT2D eigenvalue weighted by Gasteiger charge is 2.18. The molecule has 0 spiro atoms. The Morgan fingerprint density at radius 1 is 0.966 bits per heavy atom. The van der Waals surface area contributed by atoms with Gasteiger partial charge in [-0.05, 0) is 35.7 Å². The summed E-state index contributed by atoms with van der Waals surface area (Å²) in [6, 6.07) is 16.2.